The maximum absolute atomic E-state index is 13.8. The van der Waals surface area contributed by atoms with Gasteiger partial charge in [0.15, 0.2) is 5.95 Å². The number of aromatic carboxylic acids is 1. The molecule has 0 bridgehead atoms. The van der Waals surface area contributed by atoms with Gasteiger partial charge in [-0.1, -0.05) is 6.07 Å². The summed E-state index contributed by atoms with van der Waals surface area (Å²) in [6, 6.07) is 4.79. The molecule has 0 radical (unpaired) electrons. The van der Waals surface area contributed by atoms with Gasteiger partial charge >= 0.3 is 5.97 Å². The normalized spacial score (nSPS) is 11.3. The van der Waals surface area contributed by atoms with Gasteiger partial charge in [-0.05, 0) is 32.6 Å². The van der Waals surface area contributed by atoms with Crippen molar-refractivity contribution in [1.82, 2.24) is 9.88 Å². The van der Waals surface area contributed by atoms with Crippen LogP contribution >= 0.6 is 0 Å². The molecule has 0 aliphatic rings. The van der Waals surface area contributed by atoms with Gasteiger partial charge in [0, 0.05) is 23.0 Å². The Bertz CT molecular complexity index is 590. The van der Waals surface area contributed by atoms with Gasteiger partial charge in [-0.3, -0.25) is 0 Å². The third-order valence-corrected chi connectivity index (χ3v) is 2.92. The van der Waals surface area contributed by atoms with Crippen molar-refractivity contribution in [3.63, 3.8) is 0 Å². The fourth-order valence-corrected chi connectivity index (χ4v) is 2.03. The summed E-state index contributed by atoms with van der Waals surface area (Å²) in [5.74, 6) is -1.48. The van der Waals surface area contributed by atoms with Crippen LogP contribution in [0.3, 0.4) is 0 Å². The highest BCUT2D eigenvalue weighted by molar-refractivity contribution is 6.04. The first-order chi connectivity index (χ1) is 8.50. The number of nitrogens with one attached hydrogen (secondary N) is 1. The largest absolute Gasteiger partial charge is 0.478 e. The van der Waals surface area contributed by atoms with Gasteiger partial charge in [0.1, 0.15) is 0 Å². The van der Waals surface area contributed by atoms with Crippen LogP contribution in [-0.4, -0.2) is 41.6 Å². The highest BCUT2D eigenvalue weighted by Gasteiger charge is 2.17. The minimum absolute atomic E-state index is 0.140. The number of benzene rings is 1. The molecule has 0 aliphatic carbocycles. The molecule has 0 amide bonds. The predicted octanol–water partition coefficient (Wildman–Crippen LogP) is 2.11. The average molecular weight is 250 g/mol. The quantitative estimate of drug-likeness (QED) is 0.873. The lowest BCUT2D eigenvalue weighted by atomic mass is 10.0. The molecule has 0 atom stereocenters. The number of carboxylic acids is 1. The molecule has 1 heterocycles. The Balaban J connectivity index is 2.56. The van der Waals surface area contributed by atoms with E-state index in [4.69, 9.17) is 5.11 Å². The van der Waals surface area contributed by atoms with Crippen LogP contribution < -0.4 is 0 Å². The summed E-state index contributed by atoms with van der Waals surface area (Å²) in [6.07, 6.45) is 0.475. The van der Waals surface area contributed by atoms with Gasteiger partial charge in [0.05, 0.1) is 5.56 Å². The molecule has 0 fully saturated rings. The van der Waals surface area contributed by atoms with Gasteiger partial charge in [-0.2, -0.15) is 4.39 Å². The second-order valence-electron chi connectivity index (χ2n) is 4.50. The van der Waals surface area contributed by atoms with Gasteiger partial charge in [0.25, 0.3) is 0 Å². The maximum atomic E-state index is 13.8. The van der Waals surface area contributed by atoms with Crippen molar-refractivity contribution in [2.45, 2.75) is 6.42 Å². The Labute approximate surface area is 104 Å². The molecule has 1 aromatic heterocycles. The van der Waals surface area contributed by atoms with Crippen LogP contribution in [0.15, 0.2) is 18.2 Å². The van der Waals surface area contributed by atoms with Crippen LogP contribution in [0.5, 0.6) is 0 Å². The third kappa shape index (κ3) is 2.22. The SMILES string of the molecule is CN(C)CCc1c(F)[nH]c2cccc(C(=O)O)c12. The number of fused-ring (bicyclic) bond motifs is 1. The Morgan fingerprint density at radius 1 is 1.44 bits per heavy atom. The summed E-state index contributed by atoms with van der Waals surface area (Å²) in [4.78, 5) is 15.7. The number of nitrogens with zero attached hydrogens (tertiary/aromatic N) is 1. The molecular weight excluding hydrogens is 235 g/mol. The fourth-order valence-electron chi connectivity index (χ4n) is 2.03. The van der Waals surface area contributed by atoms with E-state index in [1.54, 1.807) is 12.1 Å². The average Bonchev–Trinajstić information content (AvgIpc) is 2.61. The topological polar surface area (TPSA) is 56.3 Å². The molecular formula is C13H15FN2O2. The van der Waals surface area contributed by atoms with Crippen LogP contribution in [0, 0.1) is 5.95 Å². The molecule has 18 heavy (non-hydrogen) atoms. The number of aromatic nitrogens is 1. The van der Waals surface area contributed by atoms with Crippen molar-refractivity contribution < 1.29 is 14.3 Å². The minimum Gasteiger partial charge on any atom is -0.478 e. The number of carbonyl (C=O) groups is 1. The Kier molecular flexibility index (Phi) is 3.34. The van der Waals surface area contributed by atoms with E-state index in [1.165, 1.54) is 6.07 Å². The van der Waals surface area contributed by atoms with Crippen molar-refractivity contribution in [3.8, 4) is 0 Å². The third-order valence-electron chi connectivity index (χ3n) is 2.92. The maximum Gasteiger partial charge on any atom is 0.336 e. The summed E-state index contributed by atoms with van der Waals surface area (Å²) in [6.45, 7) is 0.665. The summed E-state index contributed by atoms with van der Waals surface area (Å²) >= 11 is 0. The van der Waals surface area contributed by atoms with Crippen molar-refractivity contribution in [2.75, 3.05) is 20.6 Å². The fraction of sp³-hybridized carbons (Fsp3) is 0.308. The van der Waals surface area contributed by atoms with Crippen LogP contribution in [0.25, 0.3) is 10.9 Å². The van der Waals surface area contributed by atoms with E-state index in [9.17, 15) is 9.18 Å². The molecule has 0 unspecified atom stereocenters. The second-order valence-corrected chi connectivity index (χ2v) is 4.50. The standard InChI is InChI=1S/C13H15FN2O2/c1-16(2)7-6-8-11-9(13(17)18)4-3-5-10(11)15-12(8)14/h3-5,15H,6-7H2,1-2H3,(H,17,18). The number of halogens is 1. The molecule has 0 aliphatic heterocycles. The molecule has 2 rings (SSSR count). The van der Waals surface area contributed by atoms with Gasteiger partial charge in [0.2, 0.25) is 0 Å². The number of carboxylic acid groups (broad SMARTS) is 1. The van der Waals surface area contributed by atoms with Crippen molar-refractivity contribution >= 4 is 16.9 Å². The smallest absolute Gasteiger partial charge is 0.336 e. The molecule has 4 nitrogen and oxygen atoms in total. The molecule has 2 N–H and O–H groups in total. The first kappa shape index (κ1) is 12.6. The molecule has 2 aromatic rings. The number of likely N-dealkylation sites (N-methyl/N-ethyl adjacent to an activating group) is 1. The lowest BCUT2D eigenvalue weighted by Crippen LogP contribution is -2.15. The lowest BCUT2D eigenvalue weighted by molar-refractivity contribution is 0.0699. The lowest BCUT2D eigenvalue weighted by Gasteiger charge is -2.09. The monoisotopic (exact) mass is 250 g/mol. The van der Waals surface area contributed by atoms with E-state index in [0.29, 0.717) is 29.4 Å². The summed E-state index contributed by atoms with van der Waals surface area (Å²) in [5, 5.41) is 9.62. The van der Waals surface area contributed by atoms with E-state index in [2.05, 4.69) is 4.98 Å². The van der Waals surface area contributed by atoms with E-state index in [1.807, 2.05) is 19.0 Å². The number of hydrogen-bond acceptors (Lipinski definition) is 2. The molecule has 0 saturated carbocycles. The molecule has 0 saturated heterocycles. The minimum atomic E-state index is -1.04. The molecule has 0 spiro atoms. The highest BCUT2D eigenvalue weighted by atomic mass is 19.1. The first-order valence-corrected chi connectivity index (χ1v) is 5.67. The number of rotatable bonds is 4. The summed E-state index contributed by atoms with van der Waals surface area (Å²) in [7, 11) is 3.79. The van der Waals surface area contributed by atoms with Crippen LogP contribution in [-0.2, 0) is 6.42 Å². The number of H-pyrrole nitrogens is 1. The second kappa shape index (κ2) is 4.78. The highest BCUT2D eigenvalue weighted by Crippen LogP contribution is 2.26. The molecule has 5 heteroatoms. The zero-order valence-electron chi connectivity index (χ0n) is 10.3. The van der Waals surface area contributed by atoms with E-state index in [-0.39, 0.29) is 5.56 Å². The Hall–Kier alpha value is -1.88. The van der Waals surface area contributed by atoms with E-state index in [0.717, 1.165) is 0 Å². The first-order valence-electron chi connectivity index (χ1n) is 5.67. The van der Waals surface area contributed by atoms with Crippen LogP contribution in [0.4, 0.5) is 4.39 Å². The summed E-state index contributed by atoms with van der Waals surface area (Å²) < 4.78 is 13.8. The number of hydrogen-bond donors (Lipinski definition) is 2. The van der Waals surface area contributed by atoms with E-state index < -0.39 is 11.9 Å². The van der Waals surface area contributed by atoms with Gasteiger partial charge in [-0.15, -0.1) is 0 Å². The molecule has 96 valence electrons. The van der Waals surface area contributed by atoms with E-state index >= 15 is 0 Å². The Morgan fingerprint density at radius 2 is 2.17 bits per heavy atom. The summed E-state index contributed by atoms with van der Waals surface area (Å²) in [5.41, 5.74) is 1.11. The zero-order valence-corrected chi connectivity index (χ0v) is 10.3. The predicted molar refractivity (Wildman–Crippen MR) is 67.5 cm³/mol. The zero-order chi connectivity index (χ0) is 13.3. The van der Waals surface area contributed by atoms with Crippen molar-refractivity contribution in [3.05, 3.63) is 35.3 Å². The van der Waals surface area contributed by atoms with Gasteiger partial charge < -0.3 is 15.0 Å². The van der Waals surface area contributed by atoms with Crippen molar-refractivity contribution in [2.24, 2.45) is 0 Å². The van der Waals surface area contributed by atoms with Crippen molar-refractivity contribution in [1.29, 1.82) is 0 Å². The van der Waals surface area contributed by atoms with Crippen LogP contribution in [0.1, 0.15) is 15.9 Å². The van der Waals surface area contributed by atoms with Crippen LogP contribution in [0.2, 0.25) is 0 Å². The number of aromatic amines is 1. The molecule has 1 aromatic carbocycles. The Morgan fingerprint density at radius 3 is 2.78 bits per heavy atom. The van der Waals surface area contributed by atoms with Gasteiger partial charge in [-0.25, -0.2) is 4.79 Å².